The van der Waals surface area contributed by atoms with Gasteiger partial charge in [0.25, 0.3) is 7.82 Å². The summed E-state index contributed by atoms with van der Waals surface area (Å²) in [6, 6.07) is 0. The fraction of sp³-hybridized carbons (Fsp3) is 0.708. The molecule has 2 atom stereocenters. The third-order valence-corrected chi connectivity index (χ3v) is 10.2. The summed E-state index contributed by atoms with van der Waals surface area (Å²) in [5.41, 5.74) is 0. The van der Waals surface area contributed by atoms with Gasteiger partial charge in [0.2, 0.25) is 0 Å². The van der Waals surface area contributed by atoms with Gasteiger partial charge in [0, 0.05) is 12.8 Å². The first-order valence-electron chi connectivity index (χ1n) is 22.6. The minimum Gasteiger partial charge on any atom is -0.756 e. The SMILES string of the molecule is CC/C=C\C/C=C\C/C=C\C/C=C\C/C=C\CCCCCCCC(=O)OC(COC(=O)CCCCCCC/C=C\CCCCCC)COP(=O)([O-])OCC[N+](C)(C)C. The van der Waals surface area contributed by atoms with Crippen LogP contribution in [0.3, 0.4) is 0 Å². The van der Waals surface area contributed by atoms with E-state index in [0.717, 1.165) is 96.3 Å². The van der Waals surface area contributed by atoms with E-state index in [1.807, 2.05) is 21.1 Å². The summed E-state index contributed by atoms with van der Waals surface area (Å²) in [6.07, 6.45) is 49.2. The lowest BCUT2D eigenvalue weighted by Gasteiger charge is -2.28. The van der Waals surface area contributed by atoms with Gasteiger partial charge in [0.15, 0.2) is 6.10 Å². The van der Waals surface area contributed by atoms with Gasteiger partial charge < -0.3 is 27.9 Å². The van der Waals surface area contributed by atoms with Crippen molar-refractivity contribution < 1.29 is 42.1 Å². The van der Waals surface area contributed by atoms with Crippen LogP contribution in [0.2, 0.25) is 0 Å². The summed E-state index contributed by atoms with van der Waals surface area (Å²) in [4.78, 5) is 37.5. The standard InChI is InChI=1S/C48H84NO8P/c1-6-8-10-12-14-16-18-20-21-22-23-24-25-26-27-29-31-33-35-37-39-41-48(51)57-46(45-56-58(52,53)55-43-42-49(3,4)5)44-54-47(50)40-38-36-34-32-30-28-19-17-15-13-11-9-7-2/h8,10,14,16-17,19-21,23-24,26-27,46H,6-7,9,11-13,15,18,22,25,28-45H2,1-5H3/b10-8-,16-14-,19-17-,21-20-,24-23-,27-26-. The van der Waals surface area contributed by atoms with Gasteiger partial charge in [0.05, 0.1) is 27.7 Å². The molecule has 58 heavy (non-hydrogen) atoms. The molecule has 9 nitrogen and oxygen atoms in total. The third kappa shape index (κ3) is 43.0. The minimum atomic E-state index is -4.64. The van der Waals surface area contributed by atoms with E-state index in [2.05, 4.69) is 86.8 Å². The molecule has 334 valence electrons. The van der Waals surface area contributed by atoms with Crippen LogP contribution in [0.5, 0.6) is 0 Å². The zero-order valence-corrected chi connectivity index (χ0v) is 38.4. The van der Waals surface area contributed by atoms with Crippen LogP contribution in [-0.2, 0) is 32.7 Å². The molecule has 0 N–H and O–H groups in total. The van der Waals surface area contributed by atoms with E-state index < -0.39 is 32.5 Å². The third-order valence-electron chi connectivity index (χ3n) is 9.21. The van der Waals surface area contributed by atoms with Crippen LogP contribution in [0, 0.1) is 0 Å². The molecule has 10 heteroatoms. The maximum Gasteiger partial charge on any atom is 0.306 e. The van der Waals surface area contributed by atoms with Crippen molar-refractivity contribution in [3.05, 3.63) is 72.9 Å². The number of rotatable bonds is 40. The molecule has 0 spiro atoms. The number of quaternary nitrogens is 1. The van der Waals surface area contributed by atoms with Gasteiger partial charge in [-0.15, -0.1) is 0 Å². The van der Waals surface area contributed by atoms with Gasteiger partial charge in [-0.05, 0) is 83.5 Å². The van der Waals surface area contributed by atoms with E-state index in [0.29, 0.717) is 23.9 Å². The van der Waals surface area contributed by atoms with Gasteiger partial charge in [-0.1, -0.05) is 145 Å². The highest BCUT2D eigenvalue weighted by Crippen LogP contribution is 2.38. The molecule has 0 heterocycles. The van der Waals surface area contributed by atoms with Crippen LogP contribution in [-0.4, -0.2) is 70.0 Å². The Hall–Kier alpha value is -2.55. The van der Waals surface area contributed by atoms with E-state index in [4.69, 9.17) is 18.5 Å². The molecular weight excluding hydrogens is 750 g/mol. The van der Waals surface area contributed by atoms with E-state index in [1.165, 1.54) is 32.1 Å². The normalized spacial score (nSPS) is 14.2. The number of hydrogen-bond donors (Lipinski definition) is 0. The Bertz CT molecular complexity index is 1220. The van der Waals surface area contributed by atoms with Crippen LogP contribution in [0.25, 0.3) is 0 Å². The van der Waals surface area contributed by atoms with E-state index >= 15 is 0 Å². The number of phosphoric acid groups is 1. The fourth-order valence-corrected chi connectivity index (χ4v) is 6.40. The van der Waals surface area contributed by atoms with E-state index in [1.54, 1.807) is 0 Å². The van der Waals surface area contributed by atoms with Crippen LogP contribution < -0.4 is 4.89 Å². The molecule has 0 radical (unpaired) electrons. The average Bonchev–Trinajstić information content (AvgIpc) is 3.17. The van der Waals surface area contributed by atoms with E-state index in [-0.39, 0.29) is 26.1 Å². The highest BCUT2D eigenvalue weighted by Gasteiger charge is 2.21. The second kappa shape index (κ2) is 39.9. The van der Waals surface area contributed by atoms with Crippen molar-refractivity contribution >= 4 is 19.8 Å². The lowest BCUT2D eigenvalue weighted by Crippen LogP contribution is -2.37. The summed E-state index contributed by atoms with van der Waals surface area (Å²) in [5.74, 6) is -0.873. The van der Waals surface area contributed by atoms with Crippen LogP contribution >= 0.6 is 7.82 Å². The molecule has 0 aromatic carbocycles. The van der Waals surface area contributed by atoms with Gasteiger partial charge in [-0.3, -0.25) is 14.2 Å². The molecule has 0 saturated carbocycles. The predicted molar refractivity (Wildman–Crippen MR) is 240 cm³/mol. The van der Waals surface area contributed by atoms with Crippen LogP contribution in [0.4, 0.5) is 0 Å². The Morgan fingerprint density at radius 2 is 0.983 bits per heavy atom. The van der Waals surface area contributed by atoms with Gasteiger partial charge in [-0.2, -0.15) is 0 Å². The first-order chi connectivity index (χ1) is 28.0. The lowest BCUT2D eigenvalue weighted by molar-refractivity contribution is -0.870. The second-order valence-electron chi connectivity index (χ2n) is 16.0. The Labute approximate surface area is 355 Å². The van der Waals surface area contributed by atoms with Crippen molar-refractivity contribution in [2.75, 3.05) is 47.5 Å². The van der Waals surface area contributed by atoms with Gasteiger partial charge in [-0.25, -0.2) is 0 Å². The zero-order chi connectivity index (χ0) is 42.8. The summed E-state index contributed by atoms with van der Waals surface area (Å²) in [7, 11) is 1.13. The first-order valence-corrected chi connectivity index (χ1v) is 24.1. The Balaban J connectivity index is 4.39. The zero-order valence-electron chi connectivity index (χ0n) is 37.5. The topological polar surface area (TPSA) is 111 Å². The highest BCUT2D eigenvalue weighted by molar-refractivity contribution is 7.45. The number of phosphoric ester groups is 1. The molecule has 0 bridgehead atoms. The molecule has 0 aliphatic carbocycles. The lowest BCUT2D eigenvalue weighted by atomic mass is 10.1. The quantitative estimate of drug-likeness (QED) is 0.0197. The van der Waals surface area contributed by atoms with Crippen molar-refractivity contribution in [3.8, 4) is 0 Å². The fourth-order valence-electron chi connectivity index (χ4n) is 5.67. The number of hydrogen-bond acceptors (Lipinski definition) is 8. The number of carbonyl (C=O) groups excluding carboxylic acids is 2. The Kier molecular flexibility index (Phi) is 38.1. The van der Waals surface area contributed by atoms with Crippen molar-refractivity contribution in [1.29, 1.82) is 0 Å². The summed E-state index contributed by atoms with van der Waals surface area (Å²) in [5, 5.41) is 0. The Morgan fingerprint density at radius 3 is 1.48 bits per heavy atom. The van der Waals surface area contributed by atoms with Crippen molar-refractivity contribution in [2.24, 2.45) is 0 Å². The number of carbonyl (C=O) groups is 2. The molecule has 0 aromatic rings. The number of unbranched alkanes of at least 4 members (excludes halogenated alkanes) is 14. The maximum absolute atomic E-state index is 12.7. The molecule has 0 aromatic heterocycles. The molecular formula is C48H84NO8P. The second-order valence-corrected chi connectivity index (χ2v) is 17.4. The summed E-state index contributed by atoms with van der Waals surface area (Å²) in [6.45, 7) is 4.05. The molecule has 0 rings (SSSR count). The Morgan fingerprint density at radius 1 is 0.552 bits per heavy atom. The minimum absolute atomic E-state index is 0.0398. The van der Waals surface area contributed by atoms with Crippen molar-refractivity contribution in [3.63, 3.8) is 0 Å². The van der Waals surface area contributed by atoms with Gasteiger partial charge in [0.1, 0.15) is 19.8 Å². The van der Waals surface area contributed by atoms with Crippen LogP contribution in [0.15, 0.2) is 72.9 Å². The molecule has 2 unspecified atom stereocenters. The number of nitrogens with zero attached hydrogens (tertiary/aromatic N) is 1. The van der Waals surface area contributed by atoms with Gasteiger partial charge >= 0.3 is 11.9 Å². The number of esters is 2. The molecule has 0 aliphatic rings. The van der Waals surface area contributed by atoms with E-state index in [9.17, 15) is 19.0 Å². The maximum atomic E-state index is 12.7. The average molecular weight is 834 g/mol. The smallest absolute Gasteiger partial charge is 0.306 e. The number of ether oxygens (including phenoxy) is 2. The van der Waals surface area contributed by atoms with Crippen LogP contribution in [0.1, 0.15) is 168 Å². The number of allylic oxidation sites excluding steroid dienone is 12. The highest BCUT2D eigenvalue weighted by atomic mass is 31.2. The van der Waals surface area contributed by atoms with Crippen molar-refractivity contribution in [1.82, 2.24) is 0 Å². The summed E-state index contributed by atoms with van der Waals surface area (Å²) >= 11 is 0. The summed E-state index contributed by atoms with van der Waals surface area (Å²) < 4.78 is 33.9. The van der Waals surface area contributed by atoms with Crippen molar-refractivity contribution in [2.45, 2.75) is 174 Å². The monoisotopic (exact) mass is 834 g/mol. The molecule has 0 aliphatic heterocycles. The molecule has 0 amide bonds. The molecule has 0 fully saturated rings. The largest absolute Gasteiger partial charge is 0.756 e. The first kappa shape index (κ1) is 55.5. The number of likely N-dealkylation sites (N-methyl/N-ethyl adjacent to an activating group) is 1. The predicted octanol–water partition coefficient (Wildman–Crippen LogP) is 12.4. The molecule has 0 saturated heterocycles.